The summed E-state index contributed by atoms with van der Waals surface area (Å²) in [5.74, 6) is 0.582. The Morgan fingerprint density at radius 3 is 2.29 bits per heavy atom. The van der Waals surface area contributed by atoms with Crippen molar-refractivity contribution in [2.24, 2.45) is 0 Å². The van der Waals surface area contributed by atoms with Gasteiger partial charge in [-0.3, -0.25) is 4.21 Å². The third-order valence-corrected chi connectivity index (χ3v) is 4.68. The molecule has 0 bridgehead atoms. The molecule has 2 nitrogen and oxygen atoms in total. The summed E-state index contributed by atoms with van der Waals surface area (Å²) < 4.78 is 12.3. The van der Waals surface area contributed by atoms with Crippen LogP contribution in [0.3, 0.4) is 0 Å². The zero-order valence-electron chi connectivity index (χ0n) is 12.4. The van der Waals surface area contributed by atoms with Crippen molar-refractivity contribution in [1.29, 1.82) is 5.26 Å². The van der Waals surface area contributed by atoms with Gasteiger partial charge in [0.1, 0.15) is 0 Å². The Bertz CT molecular complexity index is 653. The molecule has 0 aromatic heterocycles. The molecule has 0 saturated carbocycles. The number of nitrogens with zero attached hydrogens (tertiary/aromatic N) is 1. The molecule has 2 rings (SSSR count). The second-order valence-corrected chi connectivity index (χ2v) is 6.84. The zero-order chi connectivity index (χ0) is 15.2. The van der Waals surface area contributed by atoms with E-state index in [9.17, 15) is 9.47 Å². The Morgan fingerprint density at radius 2 is 1.71 bits per heavy atom. The molecule has 0 aliphatic carbocycles. The maximum Gasteiger partial charge on any atom is 0.0827 e. The lowest BCUT2D eigenvalue weighted by atomic mass is 10.0. The summed E-state index contributed by atoms with van der Waals surface area (Å²) in [6.07, 6.45) is 0. The molecule has 3 heteroatoms. The van der Waals surface area contributed by atoms with Crippen LogP contribution in [-0.4, -0.2) is 9.96 Å². The first kappa shape index (κ1) is 15.5. The fourth-order valence-corrected chi connectivity index (χ4v) is 3.77. The molecular formula is C18H19NOS. The molecule has 0 saturated heterocycles. The van der Waals surface area contributed by atoms with Gasteiger partial charge in [0, 0.05) is 22.3 Å². The zero-order valence-corrected chi connectivity index (χ0v) is 13.2. The predicted molar refractivity (Wildman–Crippen MR) is 87.4 cm³/mol. The lowest BCUT2D eigenvalue weighted by Crippen LogP contribution is -2.10. The highest BCUT2D eigenvalue weighted by atomic mass is 32.2. The quantitative estimate of drug-likeness (QED) is 0.841. The normalized spacial score (nSPS) is 13.4. The van der Waals surface area contributed by atoms with Crippen molar-refractivity contribution in [3.8, 4) is 6.07 Å². The van der Waals surface area contributed by atoms with Gasteiger partial charge in [0.05, 0.1) is 12.0 Å². The molecular weight excluding hydrogens is 278 g/mol. The second kappa shape index (κ2) is 7.19. The van der Waals surface area contributed by atoms with Crippen LogP contribution in [0.1, 0.15) is 28.2 Å². The van der Waals surface area contributed by atoms with Crippen LogP contribution in [0, 0.1) is 25.2 Å². The van der Waals surface area contributed by atoms with E-state index < -0.39 is 10.8 Å². The lowest BCUT2D eigenvalue weighted by Gasteiger charge is -2.10. The lowest BCUT2D eigenvalue weighted by molar-refractivity contribution is 0.680. The van der Waals surface area contributed by atoms with Crippen molar-refractivity contribution in [2.75, 3.05) is 5.75 Å². The van der Waals surface area contributed by atoms with Crippen LogP contribution in [0.25, 0.3) is 0 Å². The molecule has 2 unspecified atom stereocenters. The van der Waals surface area contributed by atoms with Crippen LogP contribution >= 0.6 is 0 Å². The van der Waals surface area contributed by atoms with E-state index in [0.29, 0.717) is 11.5 Å². The maximum absolute atomic E-state index is 12.3. The molecule has 21 heavy (non-hydrogen) atoms. The third kappa shape index (κ3) is 4.54. The van der Waals surface area contributed by atoms with Gasteiger partial charge >= 0.3 is 0 Å². The molecule has 0 fully saturated rings. The summed E-state index contributed by atoms with van der Waals surface area (Å²) in [7, 11) is -1.04. The maximum atomic E-state index is 12.3. The summed E-state index contributed by atoms with van der Waals surface area (Å²) in [4.78, 5) is 0. The van der Waals surface area contributed by atoms with Crippen LogP contribution in [0.15, 0.2) is 48.5 Å². The SMILES string of the molecule is Cc1cc(C)cc(CS(=O)CC(C#N)c2ccccc2)c1. The van der Waals surface area contributed by atoms with Crippen LogP contribution in [0.5, 0.6) is 0 Å². The van der Waals surface area contributed by atoms with E-state index in [1.54, 1.807) is 0 Å². The molecule has 0 aliphatic heterocycles. The van der Waals surface area contributed by atoms with Gasteiger partial charge in [-0.25, -0.2) is 0 Å². The Kier molecular flexibility index (Phi) is 5.30. The number of nitriles is 1. The number of hydrogen-bond donors (Lipinski definition) is 0. The third-order valence-electron chi connectivity index (χ3n) is 3.32. The predicted octanol–water partition coefficient (Wildman–Crippen LogP) is 3.86. The first-order chi connectivity index (χ1) is 10.1. The molecule has 0 radical (unpaired) electrons. The summed E-state index contributed by atoms with van der Waals surface area (Å²) >= 11 is 0. The number of rotatable bonds is 5. The van der Waals surface area contributed by atoms with E-state index in [2.05, 4.69) is 24.3 Å². The highest BCUT2D eigenvalue weighted by molar-refractivity contribution is 7.84. The van der Waals surface area contributed by atoms with E-state index in [1.165, 1.54) is 11.1 Å². The van der Waals surface area contributed by atoms with E-state index in [1.807, 2.05) is 44.2 Å². The summed E-state index contributed by atoms with van der Waals surface area (Å²) in [6.45, 7) is 4.09. The topological polar surface area (TPSA) is 40.9 Å². The van der Waals surface area contributed by atoms with Crippen molar-refractivity contribution in [2.45, 2.75) is 25.5 Å². The van der Waals surface area contributed by atoms with Gasteiger partial charge in [-0.15, -0.1) is 0 Å². The van der Waals surface area contributed by atoms with Gasteiger partial charge in [0.25, 0.3) is 0 Å². The highest BCUT2D eigenvalue weighted by Gasteiger charge is 2.14. The smallest absolute Gasteiger partial charge is 0.0827 e. The van der Waals surface area contributed by atoms with Crippen LogP contribution < -0.4 is 0 Å². The van der Waals surface area contributed by atoms with Crippen LogP contribution in [0.2, 0.25) is 0 Å². The Hall–Kier alpha value is -1.92. The average molecular weight is 297 g/mol. The number of aryl methyl sites for hydroxylation is 2. The van der Waals surface area contributed by atoms with Crippen molar-refractivity contribution < 1.29 is 4.21 Å². The minimum Gasteiger partial charge on any atom is -0.259 e. The average Bonchev–Trinajstić information content (AvgIpc) is 2.44. The molecule has 108 valence electrons. The largest absolute Gasteiger partial charge is 0.259 e. The van der Waals surface area contributed by atoms with Crippen molar-refractivity contribution in [1.82, 2.24) is 0 Å². The monoisotopic (exact) mass is 297 g/mol. The van der Waals surface area contributed by atoms with Crippen molar-refractivity contribution in [3.05, 3.63) is 70.8 Å². The van der Waals surface area contributed by atoms with Crippen molar-refractivity contribution in [3.63, 3.8) is 0 Å². The molecule has 2 aromatic carbocycles. The first-order valence-electron chi connectivity index (χ1n) is 6.95. The molecule has 0 heterocycles. The van der Waals surface area contributed by atoms with Gasteiger partial charge in [-0.1, -0.05) is 59.7 Å². The standard InChI is InChI=1S/C18H19NOS/c1-14-8-15(2)10-16(9-14)12-21(20)13-18(11-19)17-6-4-3-5-7-17/h3-10,18H,12-13H2,1-2H3. The summed E-state index contributed by atoms with van der Waals surface area (Å²) in [5.41, 5.74) is 4.38. The van der Waals surface area contributed by atoms with E-state index in [0.717, 1.165) is 11.1 Å². The summed E-state index contributed by atoms with van der Waals surface area (Å²) in [6, 6.07) is 18.1. The molecule has 0 amide bonds. The first-order valence-corrected chi connectivity index (χ1v) is 8.44. The Balaban J connectivity index is 2.05. The molecule has 2 atom stereocenters. The van der Waals surface area contributed by atoms with Crippen molar-refractivity contribution >= 4 is 10.8 Å². The van der Waals surface area contributed by atoms with Crippen LogP contribution in [0.4, 0.5) is 0 Å². The number of hydrogen-bond acceptors (Lipinski definition) is 2. The second-order valence-electron chi connectivity index (χ2n) is 5.34. The fraction of sp³-hybridized carbons (Fsp3) is 0.278. The van der Waals surface area contributed by atoms with Gasteiger partial charge in [-0.05, 0) is 25.0 Å². The van der Waals surface area contributed by atoms with Gasteiger partial charge in [-0.2, -0.15) is 5.26 Å². The molecule has 0 aliphatic rings. The minimum absolute atomic E-state index is 0.307. The molecule has 0 spiro atoms. The minimum atomic E-state index is -1.04. The van der Waals surface area contributed by atoms with E-state index in [-0.39, 0.29) is 5.92 Å². The molecule has 0 N–H and O–H groups in total. The van der Waals surface area contributed by atoms with E-state index >= 15 is 0 Å². The van der Waals surface area contributed by atoms with Gasteiger partial charge < -0.3 is 0 Å². The Morgan fingerprint density at radius 1 is 1.10 bits per heavy atom. The van der Waals surface area contributed by atoms with Gasteiger partial charge in [0.2, 0.25) is 0 Å². The molecule has 2 aromatic rings. The number of benzene rings is 2. The van der Waals surface area contributed by atoms with E-state index in [4.69, 9.17) is 0 Å². The van der Waals surface area contributed by atoms with Gasteiger partial charge in [0.15, 0.2) is 0 Å². The highest BCUT2D eigenvalue weighted by Crippen LogP contribution is 2.18. The van der Waals surface area contributed by atoms with Crippen LogP contribution in [-0.2, 0) is 16.6 Å². The Labute approximate surface area is 128 Å². The summed E-state index contributed by atoms with van der Waals surface area (Å²) in [5, 5.41) is 9.30. The fourth-order valence-electron chi connectivity index (χ4n) is 2.48.